The summed E-state index contributed by atoms with van der Waals surface area (Å²) in [5.74, 6) is 0. The molecule has 2 nitrogen and oxygen atoms in total. The van der Waals surface area contributed by atoms with E-state index >= 15 is 0 Å². The molecule has 0 amide bonds. The fourth-order valence-corrected chi connectivity index (χ4v) is 3.39. The smallest absolute Gasteiger partial charge is 0.0465 e. The maximum absolute atomic E-state index is 6.40. The predicted octanol–water partition coefficient (Wildman–Crippen LogP) is 5.26. The molecule has 1 rings (SSSR count). The lowest BCUT2D eigenvalue weighted by Gasteiger charge is -2.27. The molecular weight excluding hydrogens is 348 g/mol. The van der Waals surface area contributed by atoms with E-state index in [-0.39, 0.29) is 0 Å². The van der Waals surface area contributed by atoms with Gasteiger partial charge >= 0.3 is 0 Å². The Hall–Kier alpha value is -0.0900. The summed E-state index contributed by atoms with van der Waals surface area (Å²) in [5, 5.41) is 4.39. The van der Waals surface area contributed by atoms with Crippen molar-refractivity contribution in [2.45, 2.75) is 52.1 Å². The molecule has 21 heavy (non-hydrogen) atoms. The molecule has 1 aromatic rings. The first-order valence-electron chi connectivity index (χ1n) is 7.88. The van der Waals surface area contributed by atoms with Gasteiger partial charge in [-0.3, -0.25) is 0 Å². The third-order valence-corrected chi connectivity index (χ3v) is 4.84. The van der Waals surface area contributed by atoms with Crippen molar-refractivity contribution in [3.8, 4) is 0 Å². The molecule has 1 N–H and O–H groups in total. The fourth-order valence-electron chi connectivity index (χ4n) is 2.59. The first-order chi connectivity index (χ1) is 9.99. The number of hydrogen-bond acceptors (Lipinski definition) is 2. The molecule has 4 heteroatoms. The van der Waals surface area contributed by atoms with Crippen LogP contribution < -0.4 is 5.32 Å². The third-order valence-electron chi connectivity index (χ3n) is 4.02. The average molecular weight is 376 g/mol. The monoisotopic (exact) mass is 374 g/mol. The molecule has 2 unspecified atom stereocenters. The quantitative estimate of drug-likeness (QED) is 0.633. The molecule has 0 bridgehead atoms. The Bertz CT molecular complexity index is 425. The van der Waals surface area contributed by atoms with Gasteiger partial charge in [0.25, 0.3) is 0 Å². The van der Waals surface area contributed by atoms with Crippen LogP contribution in [0.25, 0.3) is 0 Å². The summed E-state index contributed by atoms with van der Waals surface area (Å²) >= 11 is 9.87. The number of nitrogens with one attached hydrogen (secondary N) is 1. The van der Waals surface area contributed by atoms with Crippen LogP contribution >= 0.6 is 27.5 Å². The molecule has 120 valence electrons. The summed E-state index contributed by atoms with van der Waals surface area (Å²) in [7, 11) is 2.21. The molecule has 0 spiro atoms. The minimum atomic E-state index is 0.312. The van der Waals surface area contributed by atoms with Gasteiger partial charge in [0.15, 0.2) is 0 Å². The number of rotatable bonds is 9. The van der Waals surface area contributed by atoms with Crippen molar-refractivity contribution >= 4 is 27.5 Å². The topological polar surface area (TPSA) is 15.3 Å². The van der Waals surface area contributed by atoms with E-state index in [1.807, 2.05) is 6.07 Å². The summed E-state index contributed by atoms with van der Waals surface area (Å²) in [4.78, 5) is 2.45. The minimum absolute atomic E-state index is 0.312. The van der Waals surface area contributed by atoms with Gasteiger partial charge in [0.1, 0.15) is 0 Å². The molecule has 0 aromatic heterocycles. The van der Waals surface area contributed by atoms with Crippen LogP contribution in [0.2, 0.25) is 5.02 Å². The maximum atomic E-state index is 6.40. The van der Waals surface area contributed by atoms with E-state index in [0.29, 0.717) is 12.1 Å². The van der Waals surface area contributed by atoms with Crippen molar-refractivity contribution < 1.29 is 0 Å². The Kier molecular flexibility index (Phi) is 8.88. The van der Waals surface area contributed by atoms with Gasteiger partial charge in [0.05, 0.1) is 0 Å². The van der Waals surface area contributed by atoms with Crippen molar-refractivity contribution in [3.05, 3.63) is 33.3 Å². The Labute approximate surface area is 143 Å². The second-order valence-electron chi connectivity index (χ2n) is 5.68. The van der Waals surface area contributed by atoms with Crippen molar-refractivity contribution in [2.24, 2.45) is 0 Å². The summed E-state index contributed by atoms with van der Waals surface area (Å²) in [6.07, 6.45) is 3.56. The Balaban J connectivity index is 2.69. The molecular formula is C17H28BrClN2. The normalized spacial score (nSPS) is 14.4. The first-order valence-corrected chi connectivity index (χ1v) is 9.05. The number of halogens is 2. The number of nitrogens with zero attached hydrogens (tertiary/aromatic N) is 1. The van der Waals surface area contributed by atoms with E-state index in [1.54, 1.807) is 0 Å². The highest BCUT2D eigenvalue weighted by atomic mass is 79.9. The van der Waals surface area contributed by atoms with Crippen LogP contribution in [-0.4, -0.2) is 31.1 Å². The number of benzene rings is 1. The first kappa shape index (κ1) is 19.0. The van der Waals surface area contributed by atoms with Crippen LogP contribution in [0.15, 0.2) is 22.7 Å². The van der Waals surface area contributed by atoms with Gasteiger partial charge in [-0.2, -0.15) is 0 Å². The van der Waals surface area contributed by atoms with Crippen molar-refractivity contribution in [3.63, 3.8) is 0 Å². The van der Waals surface area contributed by atoms with Crippen molar-refractivity contribution in [1.29, 1.82) is 0 Å². The van der Waals surface area contributed by atoms with Gasteiger partial charge in [0.2, 0.25) is 0 Å². The molecule has 0 radical (unpaired) electrons. The highest BCUT2D eigenvalue weighted by molar-refractivity contribution is 9.10. The number of hydrogen-bond donors (Lipinski definition) is 1. The van der Waals surface area contributed by atoms with E-state index in [2.05, 4.69) is 66.1 Å². The fraction of sp³-hybridized carbons (Fsp3) is 0.647. The molecule has 0 aliphatic rings. The summed E-state index contributed by atoms with van der Waals surface area (Å²) in [5.41, 5.74) is 1.19. The standard InChI is InChI=1S/C17H28BrClN2/c1-5-7-13(3)21(4)11-10-17(20-6-2)15-9-8-14(18)12-16(15)19/h8-9,12-13,17,20H,5-7,10-11H2,1-4H3. The molecule has 2 atom stereocenters. The molecule has 1 aromatic carbocycles. The SMILES string of the molecule is CCCC(C)N(C)CCC(NCC)c1ccc(Br)cc1Cl. The Morgan fingerprint density at radius 1 is 1.29 bits per heavy atom. The van der Waals surface area contributed by atoms with E-state index < -0.39 is 0 Å². The van der Waals surface area contributed by atoms with Crippen LogP contribution in [0.5, 0.6) is 0 Å². The Morgan fingerprint density at radius 2 is 2.00 bits per heavy atom. The predicted molar refractivity (Wildman–Crippen MR) is 97.2 cm³/mol. The molecule has 0 aliphatic carbocycles. The van der Waals surface area contributed by atoms with Gasteiger partial charge in [-0.15, -0.1) is 0 Å². The second kappa shape index (κ2) is 9.83. The van der Waals surface area contributed by atoms with E-state index in [0.717, 1.165) is 29.0 Å². The minimum Gasteiger partial charge on any atom is -0.310 e. The summed E-state index contributed by atoms with van der Waals surface area (Å²) in [6.45, 7) is 8.71. The lowest BCUT2D eigenvalue weighted by molar-refractivity contribution is 0.231. The van der Waals surface area contributed by atoms with Gasteiger partial charge in [-0.05, 0) is 57.6 Å². The van der Waals surface area contributed by atoms with Gasteiger partial charge < -0.3 is 10.2 Å². The van der Waals surface area contributed by atoms with Crippen molar-refractivity contribution in [2.75, 3.05) is 20.1 Å². The molecule has 0 saturated heterocycles. The third kappa shape index (κ3) is 6.27. The van der Waals surface area contributed by atoms with Gasteiger partial charge in [0, 0.05) is 21.6 Å². The molecule has 0 heterocycles. The van der Waals surface area contributed by atoms with Crippen LogP contribution in [-0.2, 0) is 0 Å². The van der Waals surface area contributed by atoms with E-state index in [9.17, 15) is 0 Å². The molecule has 0 fully saturated rings. The lowest BCUT2D eigenvalue weighted by atomic mass is 10.0. The summed E-state index contributed by atoms with van der Waals surface area (Å²) < 4.78 is 1.03. The van der Waals surface area contributed by atoms with Crippen LogP contribution in [0, 0.1) is 0 Å². The highest BCUT2D eigenvalue weighted by Crippen LogP contribution is 2.28. The van der Waals surface area contributed by atoms with Gasteiger partial charge in [-0.1, -0.05) is 53.9 Å². The van der Waals surface area contributed by atoms with Crippen LogP contribution in [0.3, 0.4) is 0 Å². The lowest BCUT2D eigenvalue weighted by Crippen LogP contribution is -2.33. The van der Waals surface area contributed by atoms with Gasteiger partial charge in [-0.25, -0.2) is 0 Å². The summed E-state index contributed by atoms with van der Waals surface area (Å²) in [6, 6.07) is 7.11. The Morgan fingerprint density at radius 3 is 2.57 bits per heavy atom. The highest BCUT2D eigenvalue weighted by Gasteiger charge is 2.16. The van der Waals surface area contributed by atoms with Crippen LogP contribution in [0.4, 0.5) is 0 Å². The van der Waals surface area contributed by atoms with Crippen LogP contribution in [0.1, 0.15) is 51.6 Å². The average Bonchev–Trinajstić information content (AvgIpc) is 2.44. The largest absolute Gasteiger partial charge is 0.310 e. The molecule has 0 aliphatic heterocycles. The molecule has 0 saturated carbocycles. The van der Waals surface area contributed by atoms with E-state index in [1.165, 1.54) is 18.4 Å². The zero-order valence-electron chi connectivity index (χ0n) is 13.6. The zero-order valence-corrected chi connectivity index (χ0v) is 16.0. The van der Waals surface area contributed by atoms with Crippen molar-refractivity contribution in [1.82, 2.24) is 10.2 Å². The maximum Gasteiger partial charge on any atom is 0.0465 e. The zero-order chi connectivity index (χ0) is 15.8. The van der Waals surface area contributed by atoms with E-state index in [4.69, 9.17) is 11.6 Å². The second-order valence-corrected chi connectivity index (χ2v) is 7.01.